The van der Waals surface area contributed by atoms with Crippen molar-refractivity contribution in [2.45, 2.75) is 20.4 Å². The van der Waals surface area contributed by atoms with Crippen molar-refractivity contribution in [2.24, 2.45) is 5.92 Å². The van der Waals surface area contributed by atoms with E-state index < -0.39 is 0 Å². The highest BCUT2D eigenvalue weighted by Gasteiger charge is 2.17. The van der Waals surface area contributed by atoms with Crippen LogP contribution in [0, 0.1) is 5.92 Å². The average Bonchev–Trinajstić information content (AvgIpc) is 2.75. The second-order valence-corrected chi connectivity index (χ2v) is 5.07. The fraction of sp³-hybridized carbons (Fsp3) is 0.333. The summed E-state index contributed by atoms with van der Waals surface area (Å²) in [6, 6.07) is 7.41. The molecule has 2 rings (SSSR count). The second kappa shape index (κ2) is 5.77. The summed E-state index contributed by atoms with van der Waals surface area (Å²) < 4.78 is 6.81. The van der Waals surface area contributed by atoms with E-state index in [0.29, 0.717) is 29.5 Å². The topological polar surface area (TPSA) is 70.1 Å². The van der Waals surface area contributed by atoms with Crippen molar-refractivity contribution in [3.63, 3.8) is 0 Å². The molecule has 0 saturated carbocycles. The number of nitrogen functional groups attached to an aromatic ring is 1. The van der Waals surface area contributed by atoms with Crippen LogP contribution in [0.2, 0.25) is 0 Å². The number of nitrogens with two attached hydrogens (primary N) is 1. The number of rotatable bonds is 5. The average molecular weight is 273 g/mol. The lowest BCUT2D eigenvalue weighted by molar-refractivity contribution is 0.112. The van der Waals surface area contributed by atoms with Crippen LogP contribution in [0.5, 0.6) is 5.75 Å². The highest BCUT2D eigenvalue weighted by molar-refractivity contribution is 5.91. The molecule has 0 amide bonds. The molecular formula is C15H19N3O2. The molecule has 0 aliphatic rings. The number of benzene rings is 1. The van der Waals surface area contributed by atoms with Gasteiger partial charge in [0.2, 0.25) is 0 Å². The van der Waals surface area contributed by atoms with Gasteiger partial charge in [0.15, 0.2) is 6.29 Å². The number of nitrogens with zero attached hydrogens (tertiary/aromatic N) is 2. The van der Waals surface area contributed by atoms with Gasteiger partial charge in [-0.05, 0) is 30.2 Å². The largest absolute Gasteiger partial charge is 0.497 e. The maximum Gasteiger partial charge on any atom is 0.156 e. The predicted molar refractivity (Wildman–Crippen MR) is 78.9 cm³/mol. The fourth-order valence-electron chi connectivity index (χ4n) is 2.05. The number of hydrogen-bond acceptors (Lipinski definition) is 4. The highest BCUT2D eigenvalue weighted by Crippen LogP contribution is 2.27. The third-order valence-electron chi connectivity index (χ3n) is 3.05. The SMILES string of the molecule is COc1ccc(-c2nn(CC(C)C)c(N)c2C=O)cc1. The molecule has 0 bridgehead atoms. The van der Waals surface area contributed by atoms with Crippen molar-refractivity contribution >= 4 is 12.1 Å². The summed E-state index contributed by atoms with van der Waals surface area (Å²) in [6.45, 7) is 4.84. The van der Waals surface area contributed by atoms with Crippen molar-refractivity contribution in [1.82, 2.24) is 9.78 Å². The molecule has 0 atom stereocenters. The Morgan fingerprint density at radius 2 is 2.00 bits per heavy atom. The number of aldehydes is 1. The maximum absolute atomic E-state index is 11.3. The lowest BCUT2D eigenvalue weighted by Crippen LogP contribution is -2.09. The first-order chi connectivity index (χ1) is 9.56. The number of aromatic nitrogens is 2. The van der Waals surface area contributed by atoms with Crippen LogP contribution in [0.15, 0.2) is 24.3 Å². The Labute approximate surface area is 118 Å². The van der Waals surface area contributed by atoms with E-state index in [4.69, 9.17) is 10.5 Å². The molecule has 2 N–H and O–H groups in total. The van der Waals surface area contributed by atoms with E-state index in [1.165, 1.54) is 0 Å². The van der Waals surface area contributed by atoms with Crippen molar-refractivity contribution in [3.8, 4) is 17.0 Å². The van der Waals surface area contributed by atoms with Gasteiger partial charge >= 0.3 is 0 Å². The molecular weight excluding hydrogens is 254 g/mol. The minimum Gasteiger partial charge on any atom is -0.497 e. The van der Waals surface area contributed by atoms with E-state index in [0.717, 1.165) is 17.6 Å². The molecule has 20 heavy (non-hydrogen) atoms. The van der Waals surface area contributed by atoms with Crippen LogP contribution in [-0.4, -0.2) is 23.2 Å². The van der Waals surface area contributed by atoms with Gasteiger partial charge in [-0.2, -0.15) is 5.10 Å². The Kier molecular flexibility index (Phi) is 4.08. The molecule has 2 aromatic rings. The molecule has 0 radical (unpaired) electrons. The van der Waals surface area contributed by atoms with Gasteiger partial charge in [-0.1, -0.05) is 13.8 Å². The van der Waals surface area contributed by atoms with Crippen molar-refractivity contribution < 1.29 is 9.53 Å². The monoisotopic (exact) mass is 273 g/mol. The highest BCUT2D eigenvalue weighted by atomic mass is 16.5. The number of hydrogen-bond donors (Lipinski definition) is 1. The van der Waals surface area contributed by atoms with Gasteiger partial charge in [0, 0.05) is 12.1 Å². The third-order valence-corrected chi connectivity index (χ3v) is 3.05. The van der Waals surface area contributed by atoms with Gasteiger partial charge in [-0.3, -0.25) is 4.79 Å². The smallest absolute Gasteiger partial charge is 0.156 e. The zero-order valence-electron chi connectivity index (χ0n) is 12.0. The summed E-state index contributed by atoms with van der Waals surface area (Å²) in [4.78, 5) is 11.3. The molecule has 1 heterocycles. The lowest BCUT2D eigenvalue weighted by atomic mass is 10.1. The predicted octanol–water partition coefficient (Wildman–Crippen LogP) is 2.61. The van der Waals surface area contributed by atoms with Crippen LogP contribution >= 0.6 is 0 Å². The molecule has 0 fully saturated rings. The fourth-order valence-corrected chi connectivity index (χ4v) is 2.05. The van der Waals surface area contributed by atoms with E-state index in [9.17, 15) is 4.79 Å². The standard InChI is InChI=1S/C15H19N3O2/c1-10(2)8-18-15(16)13(9-19)14(17-18)11-4-6-12(20-3)7-5-11/h4-7,9-10H,8,16H2,1-3H3. The molecule has 0 aliphatic carbocycles. The Hall–Kier alpha value is -2.30. The first-order valence-corrected chi connectivity index (χ1v) is 6.52. The van der Waals surface area contributed by atoms with Gasteiger partial charge < -0.3 is 10.5 Å². The van der Waals surface area contributed by atoms with Crippen LogP contribution in [0.25, 0.3) is 11.3 Å². The summed E-state index contributed by atoms with van der Waals surface area (Å²) >= 11 is 0. The van der Waals surface area contributed by atoms with Gasteiger partial charge in [-0.15, -0.1) is 0 Å². The molecule has 106 valence electrons. The molecule has 0 aliphatic heterocycles. The van der Waals surface area contributed by atoms with E-state index in [1.807, 2.05) is 24.3 Å². The maximum atomic E-state index is 11.3. The molecule has 0 unspecified atom stereocenters. The summed E-state index contributed by atoms with van der Waals surface area (Å²) in [6.07, 6.45) is 0.763. The van der Waals surface area contributed by atoms with Crippen molar-refractivity contribution in [1.29, 1.82) is 0 Å². The number of methoxy groups -OCH3 is 1. The summed E-state index contributed by atoms with van der Waals surface area (Å²) in [5, 5.41) is 4.47. The Morgan fingerprint density at radius 1 is 1.35 bits per heavy atom. The lowest BCUT2D eigenvalue weighted by Gasteiger charge is -2.06. The van der Waals surface area contributed by atoms with Gasteiger partial charge in [0.1, 0.15) is 17.3 Å². The zero-order valence-corrected chi connectivity index (χ0v) is 12.0. The van der Waals surface area contributed by atoms with E-state index >= 15 is 0 Å². The molecule has 5 nitrogen and oxygen atoms in total. The first-order valence-electron chi connectivity index (χ1n) is 6.52. The number of ether oxygens (including phenoxy) is 1. The Morgan fingerprint density at radius 3 is 2.50 bits per heavy atom. The molecule has 0 spiro atoms. The minimum absolute atomic E-state index is 0.403. The second-order valence-electron chi connectivity index (χ2n) is 5.07. The Bertz CT molecular complexity index is 600. The zero-order chi connectivity index (χ0) is 14.7. The summed E-state index contributed by atoms with van der Waals surface area (Å²) in [5.74, 6) is 1.58. The minimum atomic E-state index is 0.403. The molecule has 0 saturated heterocycles. The molecule has 1 aromatic carbocycles. The Balaban J connectivity index is 2.46. The van der Waals surface area contributed by atoms with Crippen molar-refractivity contribution in [3.05, 3.63) is 29.8 Å². The van der Waals surface area contributed by atoms with Crippen molar-refractivity contribution in [2.75, 3.05) is 12.8 Å². The van der Waals surface area contributed by atoms with Crippen LogP contribution in [0.4, 0.5) is 5.82 Å². The van der Waals surface area contributed by atoms with E-state index in [-0.39, 0.29) is 0 Å². The van der Waals surface area contributed by atoms with Crippen LogP contribution in [0.3, 0.4) is 0 Å². The number of anilines is 1. The van der Waals surface area contributed by atoms with Crippen LogP contribution in [-0.2, 0) is 6.54 Å². The van der Waals surface area contributed by atoms with E-state index in [2.05, 4.69) is 18.9 Å². The number of carbonyl (C=O) groups excluding carboxylic acids is 1. The van der Waals surface area contributed by atoms with Crippen LogP contribution in [0.1, 0.15) is 24.2 Å². The van der Waals surface area contributed by atoms with E-state index in [1.54, 1.807) is 11.8 Å². The summed E-state index contributed by atoms with van der Waals surface area (Å²) in [7, 11) is 1.61. The van der Waals surface area contributed by atoms with Gasteiger partial charge in [0.25, 0.3) is 0 Å². The number of carbonyl (C=O) groups is 1. The third kappa shape index (κ3) is 2.66. The van der Waals surface area contributed by atoms with Gasteiger partial charge in [0.05, 0.1) is 12.7 Å². The quantitative estimate of drug-likeness (QED) is 0.850. The van der Waals surface area contributed by atoms with Gasteiger partial charge in [-0.25, -0.2) is 4.68 Å². The van der Waals surface area contributed by atoms with Crippen LogP contribution < -0.4 is 10.5 Å². The molecule has 5 heteroatoms. The molecule has 1 aromatic heterocycles. The normalized spacial score (nSPS) is 10.8. The summed E-state index contributed by atoms with van der Waals surface area (Å²) in [5.41, 5.74) is 7.90. The first kappa shape index (κ1) is 14.1.